The van der Waals surface area contributed by atoms with Crippen molar-refractivity contribution in [3.8, 4) is 0 Å². The van der Waals surface area contributed by atoms with Gasteiger partial charge in [-0.1, -0.05) is 66.7 Å². The van der Waals surface area contributed by atoms with Gasteiger partial charge in [0.25, 0.3) is 5.91 Å². The molecule has 0 radical (unpaired) electrons. The zero-order chi connectivity index (χ0) is 29.8. The molecule has 3 aromatic rings. The molecule has 0 saturated carbocycles. The van der Waals surface area contributed by atoms with Crippen LogP contribution in [-0.2, 0) is 16.4 Å². The number of nitrogens with zero attached hydrogens (tertiary/aromatic N) is 2. The van der Waals surface area contributed by atoms with E-state index in [2.05, 4.69) is 5.32 Å². The minimum atomic E-state index is -4.54. The molecule has 41 heavy (non-hydrogen) atoms. The highest BCUT2D eigenvalue weighted by Crippen LogP contribution is 2.40. The van der Waals surface area contributed by atoms with Crippen LogP contribution >= 0.6 is 0 Å². The van der Waals surface area contributed by atoms with Crippen molar-refractivity contribution in [1.82, 2.24) is 15.1 Å². The van der Waals surface area contributed by atoms with Gasteiger partial charge in [-0.15, -0.1) is 0 Å². The van der Waals surface area contributed by atoms with E-state index < -0.39 is 35.3 Å². The second-order valence-electron chi connectivity index (χ2n) is 10.9. The molecule has 0 aliphatic carbocycles. The maximum atomic E-state index is 14.0. The van der Waals surface area contributed by atoms with Crippen LogP contribution in [0.2, 0.25) is 0 Å². The van der Waals surface area contributed by atoms with Crippen LogP contribution in [-0.4, -0.2) is 65.7 Å². The normalized spacial score (nSPS) is 18.9. The Hall–Kier alpha value is -3.69. The summed E-state index contributed by atoms with van der Waals surface area (Å²) >= 11 is 0. The van der Waals surface area contributed by atoms with Crippen LogP contribution in [0, 0.1) is 0 Å². The Morgan fingerprint density at radius 2 is 1.51 bits per heavy atom. The van der Waals surface area contributed by atoms with Crippen molar-refractivity contribution in [1.29, 1.82) is 0 Å². The van der Waals surface area contributed by atoms with Gasteiger partial charge in [-0.3, -0.25) is 14.5 Å². The zero-order valence-corrected chi connectivity index (χ0v) is 23.4. The molecule has 9 heteroatoms. The summed E-state index contributed by atoms with van der Waals surface area (Å²) in [5, 5.41) is 13.9. The van der Waals surface area contributed by atoms with E-state index in [0.717, 1.165) is 23.3 Å². The fourth-order valence-electron chi connectivity index (χ4n) is 5.84. The number of piperidine rings is 1. The second kappa shape index (κ2) is 12.4. The first-order valence-corrected chi connectivity index (χ1v) is 13.7. The van der Waals surface area contributed by atoms with Gasteiger partial charge in [0.1, 0.15) is 11.6 Å². The first-order valence-electron chi connectivity index (χ1n) is 13.7. The Balaban J connectivity index is 1.53. The highest BCUT2D eigenvalue weighted by atomic mass is 19.4. The number of rotatable bonds is 8. The van der Waals surface area contributed by atoms with Gasteiger partial charge < -0.3 is 15.3 Å². The number of aliphatic hydroxyl groups excluding tert-OH is 1. The third-order valence-corrected chi connectivity index (χ3v) is 7.87. The second-order valence-corrected chi connectivity index (χ2v) is 10.9. The van der Waals surface area contributed by atoms with E-state index in [4.69, 9.17) is 0 Å². The number of likely N-dealkylation sites (tertiary alicyclic amines) is 1. The Labute approximate surface area is 238 Å². The first kappa shape index (κ1) is 30.3. The summed E-state index contributed by atoms with van der Waals surface area (Å²) in [5.41, 5.74) is -0.257. The molecule has 218 valence electrons. The summed E-state index contributed by atoms with van der Waals surface area (Å²) in [5.74, 6) is -0.682. The maximum absolute atomic E-state index is 14.0. The average molecular weight is 568 g/mol. The van der Waals surface area contributed by atoms with Crippen molar-refractivity contribution in [2.24, 2.45) is 0 Å². The van der Waals surface area contributed by atoms with Crippen LogP contribution in [0.1, 0.15) is 53.2 Å². The van der Waals surface area contributed by atoms with Gasteiger partial charge in [-0.2, -0.15) is 13.2 Å². The number of aliphatic hydroxyl groups is 1. The fraction of sp³-hybridized carbons (Fsp3) is 0.375. The van der Waals surface area contributed by atoms with Crippen molar-refractivity contribution in [2.75, 3.05) is 20.6 Å². The van der Waals surface area contributed by atoms with Crippen molar-refractivity contribution in [3.63, 3.8) is 0 Å². The Morgan fingerprint density at radius 1 is 0.951 bits per heavy atom. The van der Waals surface area contributed by atoms with Crippen LogP contribution in [0.5, 0.6) is 0 Å². The third kappa shape index (κ3) is 6.63. The van der Waals surface area contributed by atoms with Crippen molar-refractivity contribution in [2.45, 2.75) is 56.1 Å². The van der Waals surface area contributed by atoms with Gasteiger partial charge in [0, 0.05) is 44.7 Å². The number of alkyl halides is 3. The van der Waals surface area contributed by atoms with Crippen LogP contribution in [0.4, 0.5) is 13.2 Å². The number of hydrogen-bond acceptors (Lipinski definition) is 4. The first-order chi connectivity index (χ1) is 19.4. The number of nitrogens with one attached hydrogen (secondary N) is 1. The molecule has 2 N–H and O–H groups in total. The zero-order valence-electron chi connectivity index (χ0n) is 23.4. The number of likely N-dealkylation sites (N-methyl/N-ethyl adjacent to an activating group) is 1. The Morgan fingerprint density at radius 3 is 2.02 bits per heavy atom. The molecule has 1 fully saturated rings. The van der Waals surface area contributed by atoms with E-state index in [9.17, 15) is 27.9 Å². The average Bonchev–Trinajstić information content (AvgIpc) is 2.96. The molecule has 0 spiro atoms. The quantitative estimate of drug-likeness (QED) is 0.399. The Bertz CT molecular complexity index is 1290. The van der Waals surface area contributed by atoms with Gasteiger partial charge in [-0.25, -0.2) is 0 Å². The summed E-state index contributed by atoms with van der Waals surface area (Å²) in [7, 11) is 3.47. The summed E-state index contributed by atoms with van der Waals surface area (Å²) in [4.78, 5) is 30.2. The molecule has 0 aromatic heterocycles. The molecule has 3 atom stereocenters. The minimum Gasteiger partial charge on any atom is -0.378 e. The topological polar surface area (TPSA) is 72.9 Å². The van der Waals surface area contributed by atoms with Crippen LogP contribution in [0.15, 0.2) is 84.9 Å². The van der Waals surface area contributed by atoms with Gasteiger partial charge >= 0.3 is 6.18 Å². The predicted molar refractivity (Wildman–Crippen MR) is 151 cm³/mol. The van der Waals surface area contributed by atoms with E-state index in [1.54, 1.807) is 19.0 Å². The standard InChI is InChI=1S/C32H36F3N3O3/c1-22(21-31(30(41)37(2)3,24-12-6-4-7-13-24)25-14-8-5-9-15-25)38-18-17-27(20-28(38)39)36-29(40)23-11-10-16-26(19-23)32(33,34)35/h4-16,19,22,27-28,39H,17-18,20-21H2,1-3H3,(H,36,40)/t22?,27-,28+/m1/s1. The largest absolute Gasteiger partial charge is 0.416 e. The molecule has 4 rings (SSSR count). The molecule has 2 amide bonds. The minimum absolute atomic E-state index is 0.0699. The number of hydrogen-bond donors (Lipinski definition) is 2. The number of benzene rings is 3. The molecular formula is C32H36F3N3O3. The lowest BCUT2D eigenvalue weighted by Gasteiger charge is -2.44. The van der Waals surface area contributed by atoms with E-state index in [0.29, 0.717) is 19.4 Å². The van der Waals surface area contributed by atoms with Crippen molar-refractivity contribution < 1.29 is 27.9 Å². The molecule has 1 unspecified atom stereocenters. The van der Waals surface area contributed by atoms with E-state index >= 15 is 0 Å². The lowest BCUT2D eigenvalue weighted by atomic mass is 9.69. The van der Waals surface area contributed by atoms with Crippen LogP contribution < -0.4 is 5.32 Å². The fourth-order valence-corrected chi connectivity index (χ4v) is 5.84. The number of carbonyl (C=O) groups excluding carboxylic acids is 2. The molecule has 3 aromatic carbocycles. The van der Waals surface area contributed by atoms with Gasteiger partial charge in [0.2, 0.25) is 5.91 Å². The van der Waals surface area contributed by atoms with E-state index in [1.165, 1.54) is 12.1 Å². The summed E-state index contributed by atoms with van der Waals surface area (Å²) < 4.78 is 39.3. The van der Waals surface area contributed by atoms with Gasteiger partial charge in [0.05, 0.1) is 5.56 Å². The lowest BCUT2D eigenvalue weighted by molar-refractivity contribution is -0.137. The highest BCUT2D eigenvalue weighted by Gasteiger charge is 2.46. The van der Waals surface area contributed by atoms with Crippen LogP contribution in [0.3, 0.4) is 0 Å². The lowest BCUT2D eigenvalue weighted by Crippen LogP contribution is -2.55. The molecule has 1 aliphatic rings. The predicted octanol–water partition coefficient (Wildman–Crippen LogP) is 5.07. The number of carbonyl (C=O) groups is 2. The smallest absolute Gasteiger partial charge is 0.378 e. The molecule has 1 saturated heterocycles. The monoisotopic (exact) mass is 567 g/mol. The number of amides is 2. The third-order valence-electron chi connectivity index (χ3n) is 7.87. The highest BCUT2D eigenvalue weighted by molar-refractivity contribution is 5.94. The van der Waals surface area contributed by atoms with Crippen LogP contribution in [0.25, 0.3) is 0 Å². The molecule has 0 bridgehead atoms. The Kier molecular flexibility index (Phi) is 9.19. The summed E-state index contributed by atoms with van der Waals surface area (Å²) in [6.45, 7) is 2.42. The van der Waals surface area contributed by atoms with Gasteiger partial charge in [0.15, 0.2) is 0 Å². The van der Waals surface area contributed by atoms with Crippen molar-refractivity contribution in [3.05, 3.63) is 107 Å². The molecule has 1 aliphatic heterocycles. The molecule has 1 heterocycles. The molecule has 6 nitrogen and oxygen atoms in total. The van der Waals surface area contributed by atoms with E-state index in [-0.39, 0.29) is 23.9 Å². The van der Waals surface area contributed by atoms with E-state index in [1.807, 2.05) is 72.5 Å². The summed E-state index contributed by atoms with van der Waals surface area (Å²) in [6.07, 6.45) is -4.35. The number of halogens is 3. The maximum Gasteiger partial charge on any atom is 0.416 e. The van der Waals surface area contributed by atoms with Crippen molar-refractivity contribution >= 4 is 11.8 Å². The van der Waals surface area contributed by atoms with Gasteiger partial charge in [-0.05, 0) is 49.1 Å². The summed E-state index contributed by atoms with van der Waals surface area (Å²) in [6, 6.07) is 22.9. The molecular weight excluding hydrogens is 531 g/mol. The SMILES string of the molecule is CC(CC(C(=O)N(C)C)(c1ccccc1)c1ccccc1)N1CC[C@@H](NC(=O)c2cccc(C(F)(F)F)c2)C[C@@H]1O.